The van der Waals surface area contributed by atoms with Gasteiger partial charge in [-0.3, -0.25) is 9.59 Å². The molecule has 1 aromatic heterocycles. The third kappa shape index (κ3) is 6.74. The molecule has 1 amide bonds. The summed E-state index contributed by atoms with van der Waals surface area (Å²) >= 11 is 0.849. The number of allylic oxidation sites excluding steroid dienone is 3. The molecule has 2 atom stereocenters. The predicted octanol–water partition coefficient (Wildman–Crippen LogP) is 7.87. The maximum Gasteiger partial charge on any atom is 0.261 e. The standard InChI is InChI=1S/C30H30FNO2S/c1-5-7-9-22(10-8-6-2)20(3)32-30(34)28-19-27(29(31)35-28)26-17-15-25(16-18-26)24-13-11-23(12-14-24)21(4)33/h5,7-20,22H,1,6H2,2-4H3,(H,32,34)/b9-7?,10-8-/t20?,22-/m0/s1. The summed E-state index contributed by atoms with van der Waals surface area (Å²) in [6, 6.07) is 16.3. The van der Waals surface area contributed by atoms with Crippen LogP contribution < -0.4 is 5.32 Å². The number of nitrogens with one attached hydrogen (secondary N) is 1. The van der Waals surface area contributed by atoms with Crippen LogP contribution in [-0.4, -0.2) is 17.7 Å². The zero-order valence-electron chi connectivity index (χ0n) is 20.3. The van der Waals surface area contributed by atoms with Gasteiger partial charge in [-0.2, -0.15) is 4.39 Å². The van der Waals surface area contributed by atoms with Crippen molar-refractivity contribution in [2.45, 2.75) is 33.2 Å². The summed E-state index contributed by atoms with van der Waals surface area (Å²) in [6.45, 7) is 9.23. The third-order valence-electron chi connectivity index (χ3n) is 5.73. The molecule has 2 aromatic carbocycles. The van der Waals surface area contributed by atoms with E-state index < -0.39 is 5.13 Å². The van der Waals surface area contributed by atoms with E-state index in [0.717, 1.165) is 28.9 Å². The molecule has 0 bridgehead atoms. The highest BCUT2D eigenvalue weighted by Crippen LogP contribution is 2.32. The maximum atomic E-state index is 14.8. The van der Waals surface area contributed by atoms with E-state index in [-0.39, 0.29) is 23.7 Å². The Labute approximate surface area is 210 Å². The second-order valence-electron chi connectivity index (χ2n) is 8.31. The highest BCUT2D eigenvalue weighted by molar-refractivity contribution is 7.12. The molecule has 0 spiro atoms. The highest BCUT2D eigenvalue weighted by atomic mass is 32.1. The molecule has 0 radical (unpaired) electrons. The van der Waals surface area contributed by atoms with Crippen LogP contribution in [0, 0.1) is 11.0 Å². The minimum atomic E-state index is -0.393. The normalized spacial score (nSPS) is 13.1. The van der Waals surface area contributed by atoms with E-state index in [1.165, 1.54) is 6.92 Å². The Kier molecular flexibility index (Phi) is 9.10. The molecular formula is C30H30FNO2S. The molecule has 3 nitrogen and oxygen atoms in total. The Bertz CT molecular complexity index is 1240. The summed E-state index contributed by atoms with van der Waals surface area (Å²) in [6.07, 6.45) is 10.6. The number of thiophene rings is 1. The lowest BCUT2D eigenvalue weighted by atomic mass is 9.99. The summed E-state index contributed by atoms with van der Waals surface area (Å²) in [5.74, 6) is -0.259. The number of Topliss-reactive ketones (excluding diaryl/α,β-unsaturated/α-hetero) is 1. The molecule has 35 heavy (non-hydrogen) atoms. The van der Waals surface area contributed by atoms with Crippen LogP contribution in [0.3, 0.4) is 0 Å². The van der Waals surface area contributed by atoms with E-state index in [2.05, 4.69) is 31.0 Å². The van der Waals surface area contributed by atoms with Gasteiger partial charge in [0.1, 0.15) is 0 Å². The van der Waals surface area contributed by atoms with Gasteiger partial charge >= 0.3 is 0 Å². The first-order valence-electron chi connectivity index (χ1n) is 11.6. The Morgan fingerprint density at radius 1 is 1.03 bits per heavy atom. The van der Waals surface area contributed by atoms with Gasteiger partial charge in [0.2, 0.25) is 0 Å². The Morgan fingerprint density at radius 3 is 2.20 bits per heavy atom. The second-order valence-corrected chi connectivity index (χ2v) is 9.31. The van der Waals surface area contributed by atoms with Crippen LogP contribution in [0.15, 0.2) is 91.6 Å². The van der Waals surface area contributed by atoms with Gasteiger partial charge in [-0.1, -0.05) is 92.4 Å². The minimum absolute atomic E-state index is 0.0123. The monoisotopic (exact) mass is 487 g/mol. The highest BCUT2D eigenvalue weighted by Gasteiger charge is 2.20. The molecule has 1 N–H and O–H groups in total. The number of hydrogen-bond donors (Lipinski definition) is 1. The van der Waals surface area contributed by atoms with Crippen LogP contribution in [0.4, 0.5) is 4.39 Å². The van der Waals surface area contributed by atoms with Gasteiger partial charge in [0.25, 0.3) is 5.91 Å². The van der Waals surface area contributed by atoms with Gasteiger partial charge in [-0.25, -0.2) is 0 Å². The number of carbonyl (C=O) groups excluding carboxylic acids is 2. The quantitative estimate of drug-likeness (QED) is 0.180. The second kappa shape index (κ2) is 12.2. The lowest BCUT2D eigenvalue weighted by Gasteiger charge is -2.19. The van der Waals surface area contributed by atoms with E-state index in [9.17, 15) is 14.0 Å². The van der Waals surface area contributed by atoms with Gasteiger partial charge in [-0.15, -0.1) is 11.3 Å². The number of halogens is 1. The van der Waals surface area contributed by atoms with Crippen LogP contribution in [0.5, 0.6) is 0 Å². The SMILES string of the molecule is C=CC=C[C@@H](/C=C\CC)C(C)NC(=O)c1cc(-c2ccc(-c3ccc(C(C)=O)cc3)cc2)c(F)s1. The molecule has 3 rings (SSSR count). The summed E-state index contributed by atoms with van der Waals surface area (Å²) in [5, 5.41) is 2.60. The van der Waals surface area contributed by atoms with Crippen LogP contribution in [0.25, 0.3) is 22.3 Å². The van der Waals surface area contributed by atoms with Crippen LogP contribution in [0.2, 0.25) is 0 Å². The van der Waals surface area contributed by atoms with Crippen molar-refractivity contribution in [1.82, 2.24) is 5.32 Å². The van der Waals surface area contributed by atoms with Crippen molar-refractivity contribution in [2.75, 3.05) is 0 Å². The van der Waals surface area contributed by atoms with E-state index >= 15 is 0 Å². The molecular weight excluding hydrogens is 457 g/mol. The molecule has 0 aliphatic carbocycles. The molecule has 1 unspecified atom stereocenters. The van der Waals surface area contributed by atoms with E-state index in [4.69, 9.17) is 0 Å². The molecule has 5 heteroatoms. The first-order valence-corrected chi connectivity index (χ1v) is 12.4. The van der Waals surface area contributed by atoms with Crippen LogP contribution in [-0.2, 0) is 0 Å². The number of benzene rings is 2. The van der Waals surface area contributed by atoms with Gasteiger partial charge < -0.3 is 5.32 Å². The number of carbonyl (C=O) groups is 2. The van der Waals surface area contributed by atoms with Crippen LogP contribution >= 0.6 is 11.3 Å². The fourth-order valence-electron chi connectivity index (χ4n) is 3.69. The number of rotatable bonds is 10. The summed E-state index contributed by atoms with van der Waals surface area (Å²) < 4.78 is 14.8. The van der Waals surface area contributed by atoms with Gasteiger partial charge in [-0.05, 0) is 43.0 Å². The Hall–Kier alpha value is -3.57. The molecule has 0 aliphatic heterocycles. The van der Waals surface area contributed by atoms with Crippen molar-refractivity contribution >= 4 is 23.0 Å². The van der Waals surface area contributed by atoms with Crippen molar-refractivity contribution in [3.63, 3.8) is 0 Å². The predicted molar refractivity (Wildman–Crippen MR) is 144 cm³/mol. The molecule has 0 saturated carbocycles. The molecule has 3 aromatic rings. The van der Waals surface area contributed by atoms with Crippen molar-refractivity contribution in [3.05, 3.63) is 107 Å². The third-order valence-corrected chi connectivity index (χ3v) is 6.65. The fourth-order valence-corrected chi connectivity index (χ4v) is 4.50. The molecule has 1 heterocycles. The van der Waals surface area contributed by atoms with Crippen molar-refractivity contribution in [1.29, 1.82) is 0 Å². The Balaban J connectivity index is 1.75. The first kappa shape index (κ1) is 26.0. The fraction of sp³-hybridized carbons (Fsp3) is 0.200. The summed E-state index contributed by atoms with van der Waals surface area (Å²) in [4.78, 5) is 24.7. The van der Waals surface area contributed by atoms with E-state index in [1.807, 2.05) is 55.5 Å². The number of amides is 1. The summed E-state index contributed by atoms with van der Waals surface area (Å²) in [7, 11) is 0. The lowest BCUT2D eigenvalue weighted by Crippen LogP contribution is -2.36. The molecule has 0 fully saturated rings. The minimum Gasteiger partial charge on any atom is -0.348 e. The number of ketones is 1. The molecule has 180 valence electrons. The zero-order chi connectivity index (χ0) is 25.4. The summed E-state index contributed by atoms with van der Waals surface area (Å²) in [5.41, 5.74) is 3.70. The lowest BCUT2D eigenvalue weighted by molar-refractivity contribution is 0.0938. The maximum absolute atomic E-state index is 14.8. The largest absolute Gasteiger partial charge is 0.348 e. The smallest absolute Gasteiger partial charge is 0.261 e. The van der Waals surface area contributed by atoms with Crippen LogP contribution in [0.1, 0.15) is 47.2 Å². The average Bonchev–Trinajstić information content (AvgIpc) is 3.26. The first-order chi connectivity index (χ1) is 16.8. The van der Waals surface area contributed by atoms with Gasteiger partial charge in [0.15, 0.2) is 10.9 Å². The van der Waals surface area contributed by atoms with Crippen molar-refractivity contribution < 1.29 is 14.0 Å². The van der Waals surface area contributed by atoms with Crippen molar-refractivity contribution in [2.24, 2.45) is 5.92 Å². The topological polar surface area (TPSA) is 46.2 Å². The average molecular weight is 488 g/mol. The zero-order valence-corrected chi connectivity index (χ0v) is 21.1. The molecule has 0 saturated heterocycles. The number of hydrogen-bond acceptors (Lipinski definition) is 3. The van der Waals surface area contributed by atoms with Gasteiger partial charge in [0, 0.05) is 23.1 Å². The van der Waals surface area contributed by atoms with E-state index in [1.54, 1.807) is 24.3 Å². The Morgan fingerprint density at radius 2 is 1.63 bits per heavy atom. The molecule has 0 aliphatic rings. The van der Waals surface area contributed by atoms with Gasteiger partial charge in [0.05, 0.1) is 4.88 Å². The van der Waals surface area contributed by atoms with E-state index in [0.29, 0.717) is 21.6 Å². The van der Waals surface area contributed by atoms with Crippen molar-refractivity contribution in [3.8, 4) is 22.3 Å².